The molecule has 1 aromatic heterocycles. The summed E-state index contributed by atoms with van der Waals surface area (Å²) in [6.07, 6.45) is 1.46. The molecule has 0 aliphatic carbocycles. The van der Waals surface area contributed by atoms with Gasteiger partial charge in [0.25, 0.3) is 11.8 Å². The standard InChI is InChI=1S/C27H33N5O3/c1-6-31(7-2)26(35)22-17-29-32(21-11-9-8-10-12-21)24(22)30-23(33)18-28-25(34)19-13-15-20(16-14-19)27(3,4)5/h8-17H,6-7,18H2,1-5H3,(H,28,34)(H,30,33). The van der Waals surface area contributed by atoms with Crippen molar-refractivity contribution in [2.75, 3.05) is 25.0 Å². The zero-order chi connectivity index (χ0) is 25.6. The number of nitrogens with zero attached hydrogens (tertiary/aromatic N) is 3. The van der Waals surface area contributed by atoms with Gasteiger partial charge in [-0.2, -0.15) is 5.10 Å². The zero-order valence-electron chi connectivity index (χ0n) is 21.0. The van der Waals surface area contributed by atoms with Crippen molar-refractivity contribution in [3.63, 3.8) is 0 Å². The van der Waals surface area contributed by atoms with E-state index in [0.29, 0.717) is 24.3 Å². The Balaban J connectivity index is 1.77. The van der Waals surface area contributed by atoms with E-state index in [2.05, 4.69) is 36.5 Å². The average Bonchev–Trinajstić information content (AvgIpc) is 3.26. The molecule has 0 spiro atoms. The van der Waals surface area contributed by atoms with Crippen molar-refractivity contribution in [1.82, 2.24) is 20.0 Å². The second kappa shape index (κ2) is 11.0. The van der Waals surface area contributed by atoms with Crippen molar-refractivity contribution < 1.29 is 14.4 Å². The monoisotopic (exact) mass is 475 g/mol. The first-order chi connectivity index (χ1) is 16.7. The van der Waals surface area contributed by atoms with E-state index in [1.807, 2.05) is 56.3 Å². The zero-order valence-corrected chi connectivity index (χ0v) is 21.0. The van der Waals surface area contributed by atoms with Gasteiger partial charge in [-0.25, -0.2) is 4.68 Å². The molecular formula is C27H33N5O3. The fraction of sp³-hybridized carbons (Fsp3) is 0.333. The van der Waals surface area contributed by atoms with Crippen LogP contribution in [0.1, 0.15) is 60.9 Å². The molecule has 0 saturated heterocycles. The van der Waals surface area contributed by atoms with Crippen molar-refractivity contribution in [2.24, 2.45) is 0 Å². The third-order valence-corrected chi connectivity index (χ3v) is 5.73. The summed E-state index contributed by atoms with van der Waals surface area (Å²) in [6, 6.07) is 16.6. The molecule has 0 fully saturated rings. The maximum absolute atomic E-state index is 13.1. The highest BCUT2D eigenvalue weighted by Gasteiger charge is 2.23. The van der Waals surface area contributed by atoms with E-state index in [1.165, 1.54) is 10.9 Å². The summed E-state index contributed by atoms with van der Waals surface area (Å²) in [5.74, 6) is -0.773. The Kier molecular flexibility index (Phi) is 8.06. The Labute approximate surface area is 206 Å². The maximum Gasteiger partial charge on any atom is 0.259 e. The van der Waals surface area contributed by atoms with Gasteiger partial charge >= 0.3 is 0 Å². The minimum Gasteiger partial charge on any atom is -0.343 e. The molecule has 0 radical (unpaired) electrons. The maximum atomic E-state index is 13.1. The number of anilines is 1. The van der Waals surface area contributed by atoms with Gasteiger partial charge in [0, 0.05) is 18.7 Å². The van der Waals surface area contributed by atoms with Gasteiger partial charge in [-0.1, -0.05) is 51.1 Å². The Morgan fingerprint density at radius 2 is 1.57 bits per heavy atom. The molecule has 8 nitrogen and oxygen atoms in total. The van der Waals surface area contributed by atoms with Gasteiger partial charge in [0.05, 0.1) is 18.4 Å². The van der Waals surface area contributed by atoms with Crippen LogP contribution < -0.4 is 10.6 Å². The molecule has 2 aromatic carbocycles. The molecule has 0 aliphatic rings. The molecule has 0 aliphatic heterocycles. The van der Waals surface area contributed by atoms with E-state index in [1.54, 1.807) is 17.0 Å². The number of rotatable bonds is 8. The third-order valence-electron chi connectivity index (χ3n) is 5.73. The topological polar surface area (TPSA) is 96.3 Å². The molecule has 1 heterocycles. The quantitative estimate of drug-likeness (QED) is 0.514. The second-order valence-corrected chi connectivity index (χ2v) is 9.19. The molecule has 0 atom stereocenters. The summed E-state index contributed by atoms with van der Waals surface area (Å²) in [4.78, 5) is 40.1. The number of hydrogen-bond acceptors (Lipinski definition) is 4. The number of carbonyl (C=O) groups is 3. The van der Waals surface area contributed by atoms with Gasteiger partial charge in [0.1, 0.15) is 11.4 Å². The fourth-order valence-corrected chi connectivity index (χ4v) is 3.63. The largest absolute Gasteiger partial charge is 0.343 e. The summed E-state index contributed by atoms with van der Waals surface area (Å²) < 4.78 is 1.52. The molecule has 3 aromatic rings. The van der Waals surface area contributed by atoms with Crippen LogP contribution in [0.5, 0.6) is 0 Å². The minimum atomic E-state index is -0.462. The third kappa shape index (κ3) is 6.15. The van der Waals surface area contributed by atoms with Crippen LogP contribution in [0, 0.1) is 0 Å². The Morgan fingerprint density at radius 3 is 2.14 bits per heavy atom. The lowest BCUT2D eigenvalue weighted by atomic mass is 9.87. The lowest BCUT2D eigenvalue weighted by Crippen LogP contribution is -2.34. The van der Waals surface area contributed by atoms with Crippen LogP contribution in [0.25, 0.3) is 5.69 Å². The predicted molar refractivity (Wildman–Crippen MR) is 137 cm³/mol. The van der Waals surface area contributed by atoms with E-state index in [4.69, 9.17) is 0 Å². The predicted octanol–water partition coefficient (Wildman–Crippen LogP) is 4.02. The SMILES string of the molecule is CCN(CC)C(=O)c1cnn(-c2ccccc2)c1NC(=O)CNC(=O)c1ccc(C(C)(C)C)cc1. The van der Waals surface area contributed by atoms with E-state index in [-0.39, 0.29) is 35.2 Å². The lowest BCUT2D eigenvalue weighted by Gasteiger charge is -2.19. The normalized spacial score (nSPS) is 11.1. The van der Waals surface area contributed by atoms with Gasteiger partial charge < -0.3 is 15.5 Å². The number of amides is 3. The summed E-state index contributed by atoms with van der Waals surface area (Å²) in [7, 11) is 0. The van der Waals surface area contributed by atoms with Crippen LogP contribution in [0.15, 0.2) is 60.8 Å². The lowest BCUT2D eigenvalue weighted by molar-refractivity contribution is -0.115. The molecule has 184 valence electrons. The Morgan fingerprint density at radius 1 is 0.943 bits per heavy atom. The van der Waals surface area contributed by atoms with E-state index >= 15 is 0 Å². The van der Waals surface area contributed by atoms with E-state index in [0.717, 1.165) is 5.56 Å². The van der Waals surface area contributed by atoms with Crippen molar-refractivity contribution in [2.45, 2.75) is 40.0 Å². The first-order valence-electron chi connectivity index (χ1n) is 11.8. The number of nitrogens with one attached hydrogen (secondary N) is 2. The number of hydrogen-bond donors (Lipinski definition) is 2. The van der Waals surface area contributed by atoms with Crippen LogP contribution in [-0.4, -0.2) is 52.0 Å². The van der Waals surface area contributed by atoms with Gasteiger partial charge in [-0.3, -0.25) is 14.4 Å². The second-order valence-electron chi connectivity index (χ2n) is 9.19. The summed E-state index contributed by atoms with van der Waals surface area (Å²) >= 11 is 0. The van der Waals surface area contributed by atoms with Gasteiger partial charge in [0.15, 0.2) is 0 Å². The van der Waals surface area contributed by atoms with Crippen LogP contribution in [0.4, 0.5) is 5.82 Å². The molecule has 3 rings (SSSR count). The molecular weight excluding hydrogens is 442 g/mol. The van der Waals surface area contributed by atoms with Crippen LogP contribution >= 0.6 is 0 Å². The Bertz CT molecular complexity index is 1170. The number of para-hydroxylation sites is 1. The molecule has 3 amide bonds. The molecule has 2 N–H and O–H groups in total. The van der Waals surface area contributed by atoms with Crippen molar-refractivity contribution in [3.8, 4) is 5.69 Å². The number of aromatic nitrogens is 2. The van der Waals surface area contributed by atoms with E-state index in [9.17, 15) is 14.4 Å². The summed E-state index contributed by atoms with van der Waals surface area (Å²) in [5, 5.41) is 9.77. The van der Waals surface area contributed by atoms with Gasteiger partial charge in [-0.05, 0) is 49.1 Å². The Hall–Kier alpha value is -3.94. The number of benzene rings is 2. The average molecular weight is 476 g/mol. The molecule has 35 heavy (non-hydrogen) atoms. The highest BCUT2D eigenvalue weighted by Crippen LogP contribution is 2.23. The molecule has 8 heteroatoms. The molecule has 0 bridgehead atoms. The highest BCUT2D eigenvalue weighted by atomic mass is 16.2. The first kappa shape index (κ1) is 25.7. The highest BCUT2D eigenvalue weighted by molar-refractivity contribution is 6.04. The van der Waals surface area contributed by atoms with Gasteiger partial charge in [-0.15, -0.1) is 0 Å². The van der Waals surface area contributed by atoms with Gasteiger partial charge in [0.2, 0.25) is 5.91 Å². The van der Waals surface area contributed by atoms with Crippen molar-refractivity contribution >= 4 is 23.5 Å². The first-order valence-corrected chi connectivity index (χ1v) is 11.8. The van der Waals surface area contributed by atoms with Crippen LogP contribution in [0.2, 0.25) is 0 Å². The molecule has 0 unspecified atom stereocenters. The van der Waals surface area contributed by atoms with Crippen LogP contribution in [-0.2, 0) is 10.2 Å². The van der Waals surface area contributed by atoms with Crippen molar-refractivity contribution in [1.29, 1.82) is 0 Å². The van der Waals surface area contributed by atoms with Crippen molar-refractivity contribution in [3.05, 3.63) is 77.5 Å². The minimum absolute atomic E-state index is 0.0170. The molecule has 0 saturated carbocycles. The smallest absolute Gasteiger partial charge is 0.259 e. The van der Waals surface area contributed by atoms with E-state index < -0.39 is 5.91 Å². The fourth-order valence-electron chi connectivity index (χ4n) is 3.63. The summed E-state index contributed by atoms with van der Waals surface area (Å²) in [6.45, 7) is 10.9. The number of carbonyl (C=O) groups excluding carboxylic acids is 3. The van der Waals surface area contributed by atoms with Crippen LogP contribution in [0.3, 0.4) is 0 Å². The summed E-state index contributed by atoms with van der Waals surface area (Å²) in [5.41, 5.74) is 2.56.